The third kappa shape index (κ3) is 25.5. The molecule has 40 heavy (non-hydrogen) atoms. The standard InChI is InChI=1S/C12H20O2.2C10H20.C4H6O2/c13-10-12(11-14)8-6-4-2-1-3-5-7-9-12;2*1-2-4-6-8-10-9-7-5-3-1;1-3(2)4(5)6/h10-11H,1-9H2;2*1-10H2;1H2,2H3,(H,5,6). The topological polar surface area (TPSA) is 71.4 Å². The van der Waals surface area contributed by atoms with Crippen molar-refractivity contribution >= 4 is 18.5 Å². The number of hydrogen-bond donors (Lipinski definition) is 1. The van der Waals surface area contributed by atoms with Crippen molar-refractivity contribution in [2.45, 2.75) is 193 Å². The number of carboxylic acids is 1. The largest absolute Gasteiger partial charge is 0.478 e. The highest BCUT2D eigenvalue weighted by molar-refractivity contribution is 5.84. The van der Waals surface area contributed by atoms with E-state index < -0.39 is 11.4 Å². The van der Waals surface area contributed by atoms with Gasteiger partial charge < -0.3 is 14.7 Å². The molecule has 234 valence electrons. The van der Waals surface area contributed by atoms with Crippen molar-refractivity contribution in [3.05, 3.63) is 12.2 Å². The zero-order chi connectivity index (χ0) is 29.6. The van der Waals surface area contributed by atoms with Crippen molar-refractivity contribution in [1.82, 2.24) is 0 Å². The number of rotatable bonds is 3. The molecule has 3 saturated carbocycles. The van der Waals surface area contributed by atoms with E-state index in [1.165, 1.54) is 167 Å². The van der Waals surface area contributed by atoms with Gasteiger partial charge in [0.2, 0.25) is 0 Å². The summed E-state index contributed by atoms with van der Waals surface area (Å²) in [4.78, 5) is 31.5. The molecule has 0 spiro atoms. The summed E-state index contributed by atoms with van der Waals surface area (Å²) < 4.78 is 0. The number of aldehydes is 2. The fourth-order valence-electron chi connectivity index (χ4n) is 5.72. The summed E-state index contributed by atoms with van der Waals surface area (Å²) in [6.07, 6.45) is 41.5. The van der Waals surface area contributed by atoms with Crippen molar-refractivity contribution in [3.8, 4) is 0 Å². The monoisotopic (exact) mass is 562 g/mol. The van der Waals surface area contributed by atoms with Crippen molar-refractivity contribution in [2.75, 3.05) is 0 Å². The van der Waals surface area contributed by atoms with Crippen LogP contribution in [0.4, 0.5) is 0 Å². The first kappa shape index (κ1) is 38.5. The molecule has 0 aromatic rings. The number of hydrogen-bond acceptors (Lipinski definition) is 3. The van der Waals surface area contributed by atoms with Crippen LogP contribution in [0.25, 0.3) is 0 Å². The second-order valence-corrected chi connectivity index (χ2v) is 12.6. The van der Waals surface area contributed by atoms with E-state index in [-0.39, 0.29) is 5.57 Å². The van der Waals surface area contributed by atoms with Gasteiger partial charge in [-0.05, 0) is 19.8 Å². The SMILES string of the molecule is C1CCCCCCCCC1.C1CCCCCCCCC1.C=C(C)C(=O)O.O=CC1(C=O)CCCCCCCCC1. The first-order chi connectivity index (χ1) is 19.5. The molecule has 3 rings (SSSR count). The Morgan fingerprint density at radius 2 is 0.625 bits per heavy atom. The van der Waals surface area contributed by atoms with E-state index in [2.05, 4.69) is 6.58 Å². The van der Waals surface area contributed by atoms with Crippen LogP contribution in [-0.4, -0.2) is 23.6 Å². The highest BCUT2D eigenvalue weighted by atomic mass is 16.4. The highest BCUT2D eigenvalue weighted by Gasteiger charge is 2.28. The van der Waals surface area contributed by atoms with Gasteiger partial charge in [0.15, 0.2) is 0 Å². The van der Waals surface area contributed by atoms with Crippen LogP contribution in [0.5, 0.6) is 0 Å². The quantitative estimate of drug-likeness (QED) is 0.211. The second-order valence-electron chi connectivity index (χ2n) is 12.6. The van der Waals surface area contributed by atoms with Crippen LogP contribution in [-0.2, 0) is 14.4 Å². The molecule has 0 bridgehead atoms. The molecule has 0 unspecified atom stereocenters. The normalized spacial score (nSPS) is 21.4. The minimum absolute atomic E-state index is 0.176. The van der Waals surface area contributed by atoms with Crippen molar-refractivity contribution in [1.29, 1.82) is 0 Å². The molecule has 0 heterocycles. The Bertz CT molecular complexity index is 493. The maximum absolute atomic E-state index is 10.9. The molecule has 3 aliphatic rings. The van der Waals surface area contributed by atoms with Gasteiger partial charge in [-0.1, -0.05) is 180 Å². The van der Waals surface area contributed by atoms with E-state index in [0.29, 0.717) is 0 Å². The van der Waals surface area contributed by atoms with Gasteiger partial charge >= 0.3 is 5.97 Å². The van der Waals surface area contributed by atoms with Gasteiger partial charge in [0, 0.05) is 5.57 Å². The fraction of sp³-hybridized carbons (Fsp3) is 0.861. The third-order valence-corrected chi connectivity index (χ3v) is 8.62. The predicted octanol–water partition coefficient (Wildman–Crippen LogP) is 11.3. The van der Waals surface area contributed by atoms with Gasteiger partial charge in [-0.2, -0.15) is 0 Å². The minimum Gasteiger partial charge on any atom is -0.478 e. The van der Waals surface area contributed by atoms with E-state index >= 15 is 0 Å². The summed E-state index contributed by atoms with van der Waals surface area (Å²) in [5.74, 6) is -0.935. The summed E-state index contributed by atoms with van der Waals surface area (Å²) in [7, 11) is 0. The van der Waals surface area contributed by atoms with Crippen LogP contribution in [0.2, 0.25) is 0 Å². The molecule has 4 heteroatoms. The minimum atomic E-state index is -0.935. The molecule has 0 amide bonds. The van der Waals surface area contributed by atoms with E-state index in [1.807, 2.05) is 0 Å². The molecule has 3 fully saturated rings. The molecule has 0 atom stereocenters. The Morgan fingerprint density at radius 1 is 0.475 bits per heavy atom. The van der Waals surface area contributed by atoms with Gasteiger partial charge in [0.25, 0.3) is 0 Å². The van der Waals surface area contributed by atoms with Crippen LogP contribution < -0.4 is 0 Å². The lowest BCUT2D eigenvalue weighted by atomic mass is 9.80. The van der Waals surface area contributed by atoms with Crippen molar-refractivity contribution < 1.29 is 19.5 Å². The van der Waals surface area contributed by atoms with Gasteiger partial charge in [-0.25, -0.2) is 4.79 Å². The van der Waals surface area contributed by atoms with Crippen molar-refractivity contribution in [3.63, 3.8) is 0 Å². The van der Waals surface area contributed by atoms with Crippen LogP contribution in [0.3, 0.4) is 0 Å². The molecule has 0 aliphatic heterocycles. The average Bonchev–Trinajstić information content (AvgIpc) is 2.98. The predicted molar refractivity (Wildman–Crippen MR) is 171 cm³/mol. The van der Waals surface area contributed by atoms with Crippen molar-refractivity contribution in [2.24, 2.45) is 5.41 Å². The Hall–Kier alpha value is -1.45. The summed E-state index contributed by atoms with van der Waals surface area (Å²) in [5, 5.41) is 7.89. The summed E-state index contributed by atoms with van der Waals surface area (Å²) >= 11 is 0. The number of carbonyl (C=O) groups excluding carboxylic acids is 2. The second kappa shape index (κ2) is 29.1. The van der Waals surface area contributed by atoms with Gasteiger partial charge in [-0.3, -0.25) is 0 Å². The molecule has 3 aliphatic carbocycles. The van der Waals surface area contributed by atoms with E-state index in [4.69, 9.17) is 5.11 Å². The number of carbonyl (C=O) groups is 3. The highest BCUT2D eigenvalue weighted by Crippen LogP contribution is 2.29. The lowest BCUT2D eigenvalue weighted by molar-refractivity contribution is -0.132. The summed E-state index contributed by atoms with van der Waals surface area (Å²) in [5.41, 5.74) is -0.466. The third-order valence-electron chi connectivity index (χ3n) is 8.62. The van der Waals surface area contributed by atoms with Gasteiger partial charge in [0.1, 0.15) is 12.6 Å². The molecule has 0 saturated heterocycles. The fourth-order valence-corrected chi connectivity index (χ4v) is 5.72. The maximum atomic E-state index is 10.9. The average molecular weight is 563 g/mol. The van der Waals surface area contributed by atoms with Crippen LogP contribution in [0.15, 0.2) is 12.2 Å². The molecule has 0 radical (unpaired) electrons. The lowest BCUT2D eigenvalue weighted by Crippen LogP contribution is -2.24. The Kier molecular flexibility index (Phi) is 28.0. The van der Waals surface area contributed by atoms with Gasteiger partial charge in [-0.15, -0.1) is 0 Å². The summed E-state index contributed by atoms with van der Waals surface area (Å²) in [6.45, 7) is 4.60. The maximum Gasteiger partial charge on any atom is 0.330 e. The van der Waals surface area contributed by atoms with Crippen LogP contribution >= 0.6 is 0 Å². The van der Waals surface area contributed by atoms with Crippen LogP contribution in [0, 0.1) is 5.41 Å². The zero-order valence-electron chi connectivity index (χ0n) is 26.5. The van der Waals surface area contributed by atoms with E-state index in [9.17, 15) is 14.4 Å². The number of aliphatic carboxylic acids is 1. The van der Waals surface area contributed by atoms with E-state index in [1.54, 1.807) is 0 Å². The number of carboxylic acid groups (broad SMARTS) is 1. The molecular weight excluding hydrogens is 496 g/mol. The van der Waals surface area contributed by atoms with Gasteiger partial charge in [0.05, 0.1) is 5.41 Å². The molecular formula is C36H66O4. The molecule has 0 aromatic carbocycles. The van der Waals surface area contributed by atoms with Crippen LogP contribution in [0.1, 0.15) is 193 Å². The zero-order valence-corrected chi connectivity index (χ0v) is 26.5. The smallest absolute Gasteiger partial charge is 0.330 e. The molecule has 0 aromatic heterocycles. The summed E-state index contributed by atoms with van der Waals surface area (Å²) in [6, 6.07) is 0. The molecule has 4 nitrogen and oxygen atoms in total. The Labute approximate surface area is 248 Å². The first-order valence-corrected chi connectivity index (χ1v) is 17.3. The Balaban J connectivity index is 0.000000527. The van der Waals surface area contributed by atoms with E-state index in [0.717, 1.165) is 38.3 Å². The first-order valence-electron chi connectivity index (χ1n) is 17.3. The Morgan fingerprint density at radius 3 is 0.750 bits per heavy atom. The molecule has 1 N–H and O–H groups in total. The lowest BCUT2D eigenvalue weighted by Gasteiger charge is -2.22.